The molecule has 0 atom stereocenters. The van der Waals surface area contributed by atoms with Crippen LogP contribution in [0.25, 0.3) is 17.3 Å². The van der Waals surface area contributed by atoms with Crippen LogP contribution in [0.2, 0.25) is 0 Å². The van der Waals surface area contributed by atoms with Crippen molar-refractivity contribution < 1.29 is 26.7 Å². The number of ether oxygens (including phenoxy) is 2. The van der Waals surface area contributed by atoms with Gasteiger partial charge in [-0.3, -0.25) is 4.57 Å². The predicted molar refractivity (Wildman–Crippen MR) is 129 cm³/mol. The SMILES string of the molecule is COc1cccc(OC)c1-n1c(CS(=O)(=O)CCc2ccc(F)cc2C#N)nnc1-c1ccc(C)o1. The van der Waals surface area contributed by atoms with Crippen LogP contribution in [0.15, 0.2) is 52.9 Å². The van der Waals surface area contributed by atoms with Crippen LogP contribution < -0.4 is 9.47 Å². The number of aromatic nitrogens is 3. The van der Waals surface area contributed by atoms with Gasteiger partial charge in [-0.2, -0.15) is 5.26 Å². The average molecular weight is 511 g/mol. The molecule has 9 nitrogen and oxygen atoms in total. The number of methoxy groups -OCH3 is 2. The molecule has 0 spiro atoms. The normalized spacial score (nSPS) is 11.3. The van der Waals surface area contributed by atoms with E-state index in [-0.39, 0.29) is 29.4 Å². The topological polar surface area (TPSA) is 120 Å². The number of halogens is 1. The monoisotopic (exact) mass is 510 g/mol. The molecule has 2 aromatic carbocycles. The number of rotatable bonds is 9. The van der Waals surface area contributed by atoms with Crippen LogP contribution in [-0.4, -0.2) is 43.2 Å². The molecule has 186 valence electrons. The molecule has 0 aliphatic rings. The molecule has 0 saturated heterocycles. The third kappa shape index (κ3) is 5.08. The molecule has 11 heteroatoms. The Morgan fingerprint density at radius 3 is 2.42 bits per heavy atom. The Labute approximate surface area is 207 Å². The van der Waals surface area contributed by atoms with E-state index in [0.29, 0.717) is 34.3 Å². The maximum absolute atomic E-state index is 13.5. The van der Waals surface area contributed by atoms with Gasteiger partial charge in [-0.15, -0.1) is 10.2 Å². The van der Waals surface area contributed by atoms with E-state index in [1.165, 1.54) is 26.4 Å². The minimum Gasteiger partial charge on any atom is -0.494 e. The van der Waals surface area contributed by atoms with E-state index in [4.69, 9.17) is 13.9 Å². The number of benzene rings is 2. The van der Waals surface area contributed by atoms with Gasteiger partial charge in [0.15, 0.2) is 21.4 Å². The van der Waals surface area contributed by atoms with Gasteiger partial charge < -0.3 is 13.9 Å². The van der Waals surface area contributed by atoms with Gasteiger partial charge in [0, 0.05) is 0 Å². The van der Waals surface area contributed by atoms with E-state index in [0.717, 1.165) is 6.07 Å². The summed E-state index contributed by atoms with van der Waals surface area (Å²) in [5.74, 6) is 0.989. The Morgan fingerprint density at radius 1 is 1.08 bits per heavy atom. The minimum atomic E-state index is -3.74. The zero-order valence-electron chi connectivity index (χ0n) is 19.9. The van der Waals surface area contributed by atoms with Crippen LogP contribution in [0.1, 0.15) is 22.7 Å². The summed E-state index contributed by atoms with van der Waals surface area (Å²) in [6.45, 7) is 1.78. The lowest BCUT2D eigenvalue weighted by Crippen LogP contribution is -2.16. The Hall–Kier alpha value is -4.17. The first kappa shape index (κ1) is 24.9. The maximum atomic E-state index is 13.5. The molecule has 0 N–H and O–H groups in total. The number of nitrogens with zero attached hydrogens (tertiary/aromatic N) is 4. The molecule has 0 amide bonds. The minimum absolute atomic E-state index is 0.0435. The summed E-state index contributed by atoms with van der Waals surface area (Å²) < 4.78 is 58.1. The second kappa shape index (κ2) is 10.2. The number of nitriles is 1. The van der Waals surface area contributed by atoms with Crippen LogP contribution in [0.3, 0.4) is 0 Å². The van der Waals surface area contributed by atoms with Crippen molar-refractivity contribution in [3.05, 3.63) is 77.1 Å². The van der Waals surface area contributed by atoms with Crippen molar-refractivity contribution in [2.24, 2.45) is 0 Å². The zero-order valence-corrected chi connectivity index (χ0v) is 20.7. The summed E-state index contributed by atoms with van der Waals surface area (Å²) in [5.41, 5.74) is 0.969. The third-order valence-electron chi connectivity index (χ3n) is 5.54. The van der Waals surface area contributed by atoms with Crippen molar-refractivity contribution >= 4 is 9.84 Å². The summed E-state index contributed by atoms with van der Waals surface area (Å²) in [5, 5.41) is 17.7. The fourth-order valence-corrected chi connectivity index (χ4v) is 5.07. The van der Waals surface area contributed by atoms with Crippen molar-refractivity contribution in [1.82, 2.24) is 14.8 Å². The number of para-hydroxylation sites is 1. The molecule has 2 heterocycles. The summed E-state index contributed by atoms with van der Waals surface area (Å²) in [6.07, 6.45) is 0.0435. The van der Waals surface area contributed by atoms with Gasteiger partial charge in [0.2, 0.25) is 5.82 Å². The smallest absolute Gasteiger partial charge is 0.204 e. The Bertz CT molecular complexity index is 1530. The van der Waals surface area contributed by atoms with Crippen molar-refractivity contribution in [2.45, 2.75) is 19.1 Å². The summed E-state index contributed by atoms with van der Waals surface area (Å²) in [6, 6.07) is 14.3. The second-order valence-corrected chi connectivity index (χ2v) is 10.1. The lowest BCUT2D eigenvalue weighted by molar-refractivity contribution is 0.390. The van der Waals surface area contributed by atoms with E-state index in [2.05, 4.69) is 10.2 Å². The van der Waals surface area contributed by atoms with E-state index in [9.17, 15) is 18.1 Å². The van der Waals surface area contributed by atoms with E-state index < -0.39 is 21.4 Å². The summed E-state index contributed by atoms with van der Waals surface area (Å²) in [7, 11) is -0.757. The van der Waals surface area contributed by atoms with Crippen LogP contribution in [0.4, 0.5) is 4.39 Å². The molecule has 36 heavy (non-hydrogen) atoms. The summed E-state index contributed by atoms with van der Waals surface area (Å²) >= 11 is 0. The number of furan rings is 1. The maximum Gasteiger partial charge on any atom is 0.204 e. The van der Waals surface area contributed by atoms with E-state index in [1.54, 1.807) is 41.8 Å². The Balaban J connectivity index is 1.75. The molecule has 0 unspecified atom stereocenters. The van der Waals surface area contributed by atoms with E-state index in [1.807, 2.05) is 6.07 Å². The van der Waals surface area contributed by atoms with Gasteiger partial charge in [0.1, 0.15) is 34.5 Å². The van der Waals surface area contributed by atoms with Crippen molar-refractivity contribution in [2.75, 3.05) is 20.0 Å². The van der Waals surface area contributed by atoms with Crippen molar-refractivity contribution in [3.8, 4) is 34.8 Å². The number of hydrogen-bond acceptors (Lipinski definition) is 8. The number of hydrogen-bond donors (Lipinski definition) is 0. The van der Waals surface area contributed by atoms with Crippen LogP contribution >= 0.6 is 0 Å². The summed E-state index contributed by atoms with van der Waals surface area (Å²) in [4.78, 5) is 0. The highest BCUT2D eigenvalue weighted by Crippen LogP contribution is 2.37. The molecule has 0 fully saturated rings. The van der Waals surface area contributed by atoms with Crippen LogP contribution in [-0.2, 0) is 22.0 Å². The molecule has 0 bridgehead atoms. The zero-order chi connectivity index (χ0) is 25.9. The number of sulfone groups is 1. The van der Waals surface area contributed by atoms with Crippen molar-refractivity contribution in [1.29, 1.82) is 5.26 Å². The van der Waals surface area contributed by atoms with Gasteiger partial charge in [0.05, 0.1) is 31.6 Å². The first-order chi connectivity index (χ1) is 17.3. The highest BCUT2D eigenvalue weighted by molar-refractivity contribution is 7.90. The molecule has 2 aromatic heterocycles. The van der Waals surface area contributed by atoms with Gasteiger partial charge in [-0.05, 0) is 55.3 Å². The lowest BCUT2D eigenvalue weighted by Gasteiger charge is -2.17. The lowest BCUT2D eigenvalue weighted by atomic mass is 10.1. The van der Waals surface area contributed by atoms with E-state index >= 15 is 0 Å². The van der Waals surface area contributed by atoms with Crippen molar-refractivity contribution in [3.63, 3.8) is 0 Å². The molecule has 4 aromatic rings. The standard InChI is InChI=1S/C25H23FN4O5S/c1-16-7-10-22(35-16)25-29-28-23(30(25)24-20(33-2)5-4-6-21(24)34-3)15-36(31,32)12-11-17-8-9-19(26)13-18(17)14-27/h4-10,13H,11-12,15H2,1-3H3. The molecular formula is C25H23FN4O5S. The first-order valence-corrected chi connectivity index (χ1v) is 12.7. The molecule has 4 rings (SSSR count). The average Bonchev–Trinajstić information content (AvgIpc) is 3.47. The first-order valence-electron chi connectivity index (χ1n) is 10.9. The molecule has 0 saturated carbocycles. The van der Waals surface area contributed by atoms with Gasteiger partial charge in [0.25, 0.3) is 0 Å². The van der Waals surface area contributed by atoms with Gasteiger partial charge in [-0.25, -0.2) is 12.8 Å². The number of aryl methyl sites for hydroxylation is 2. The highest BCUT2D eigenvalue weighted by atomic mass is 32.2. The second-order valence-electron chi connectivity index (χ2n) is 7.95. The van der Waals surface area contributed by atoms with Crippen LogP contribution in [0.5, 0.6) is 11.5 Å². The molecule has 0 aliphatic heterocycles. The van der Waals surface area contributed by atoms with Crippen LogP contribution in [0, 0.1) is 24.1 Å². The molecule has 0 aliphatic carbocycles. The Kier molecular flexibility index (Phi) is 7.07. The Morgan fingerprint density at radius 2 is 1.81 bits per heavy atom. The molecule has 0 radical (unpaired) electrons. The quantitative estimate of drug-likeness (QED) is 0.331. The fraction of sp³-hybridized carbons (Fsp3) is 0.240. The molecular weight excluding hydrogens is 487 g/mol. The van der Waals surface area contributed by atoms with Gasteiger partial charge in [-0.1, -0.05) is 12.1 Å². The van der Waals surface area contributed by atoms with Gasteiger partial charge >= 0.3 is 0 Å². The third-order valence-corrected chi connectivity index (χ3v) is 7.06. The fourth-order valence-electron chi connectivity index (χ4n) is 3.82. The highest BCUT2D eigenvalue weighted by Gasteiger charge is 2.27. The largest absolute Gasteiger partial charge is 0.494 e. The predicted octanol–water partition coefficient (Wildman–Crippen LogP) is 4.02.